The minimum Gasteiger partial charge on any atom is -0.493 e. The Morgan fingerprint density at radius 1 is 0.958 bits per heavy atom. The molecule has 0 aliphatic heterocycles. The number of H-pyrrole nitrogens is 1. The summed E-state index contributed by atoms with van der Waals surface area (Å²) in [6.45, 7) is 2.02. The maximum atomic E-state index is 12.4. The lowest BCUT2D eigenvalue weighted by Crippen LogP contribution is -2.02. The molecular weight excluding hydrogens is 306 g/mol. The largest absolute Gasteiger partial charge is 0.493 e. The molecule has 124 valence electrons. The second-order valence-electron chi connectivity index (χ2n) is 5.49. The molecule has 1 aromatic heterocycles. The van der Waals surface area contributed by atoms with E-state index in [-0.39, 0.29) is 0 Å². The van der Waals surface area contributed by atoms with Gasteiger partial charge in [-0.25, -0.2) is 4.79 Å². The molecule has 0 amide bonds. The van der Waals surface area contributed by atoms with E-state index in [1.807, 2.05) is 37.3 Å². The molecule has 0 saturated heterocycles. The molecule has 0 fully saturated rings. The van der Waals surface area contributed by atoms with E-state index in [2.05, 4.69) is 4.98 Å². The van der Waals surface area contributed by atoms with Crippen LogP contribution in [-0.2, 0) is 4.74 Å². The van der Waals surface area contributed by atoms with Crippen LogP contribution >= 0.6 is 0 Å². The Hall–Kier alpha value is -2.95. The molecule has 0 aliphatic carbocycles. The Labute approximate surface area is 140 Å². The Kier molecular flexibility index (Phi) is 4.16. The number of aromatic amines is 1. The molecule has 0 bridgehead atoms. The van der Waals surface area contributed by atoms with Gasteiger partial charge in [0.25, 0.3) is 0 Å². The highest BCUT2D eigenvalue weighted by molar-refractivity contribution is 6.10. The van der Waals surface area contributed by atoms with Crippen LogP contribution in [0.4, 0.5) is 0 Å². The van der Waals surface area contributed by atoms with Gasteiger partial charge in [0, 0.05) is 11.5 Å². The van der Waals surface area contributed by atoms with E-state index in [1.54, 1.807) is 20.3 Å². The van der Waals surface area contributed by atoms with Crippen molar-refractivity contribution in [3.63, 3.8) is 0 Å². The molecule has 0 aliphatic rings. The number of aryl methyl sites for hydroxylation is 1. The molecule has 0 spiro atoms. The van der Waals surface area contributed by atoms with Gasteiger partial charge in [0.2, 0.25) is 0 Å². The molecule has 0 saturated carbocycles. The zero-order valence-electron chi connectivity index (χ0n) is 14.1. The van der Waals surface area contributed by atoms with Gasteiger partial charge in [-0.05, 0) is 18.6 Å². The topological polar surface area (TPSA) is 60.6 Å². The summed E-state index contributed by atoms with van der Waals surface area (Å²) in [5, 5.41) is 0.732. The fourth-order valence-corrected chi connectivity index (χ4v) is 2.77. The zero-order chi connectivity index (χ0) is 17.3. The third kappa shape index (κ3) is 2.58. The minimum absolute atomic E-state index is 0.399. The highest BCUT2D eigenvalue weighted by Gasteiger charge is 2.22. The summed E-state index contributed by atoms with van der Waals surface area (Å²) in [6, 6.07) is 11.6. The predicted octanol–water partition coefficient (Wildman–Crippen LogP) is 3.95. The van der Waals surface area contributed by atoms with Crippen molar-refractivity contribution in [3.05, 3.63) is 47.5 Å². The molecule has 5 nitrogen and oxygen atoms in total. The van der Waals surface area contributed by atoms with Crippen LogP contribution in [-0.4, -0.2) is 32.3 Å². The van der Waals surface area contributed by atoms with Gasteiger partial charge in [-0.15, -0.1) is 0 Å². The normalized spacial score (nSPS) is 10.7. The molecule has 0 radical (unpaired) electrons. The summed E-state index contributed by atoms with van der Waals surface area (Å²) in [5.74, 6) is 0.756. The third-order valence-electron chi connectivity index (χ3n) is 4.03. The number of esters is 1. The Bertz CT molecular complexity index is 894. The number of aromatic nitrogens is 1. The van der Waals surface area contributed by atoms with Crippen molar-refractivity contribution in [2.24, 2.45) is 0 Å². The zero-order valence-corrected chi connectivity index (χ0v) is 14.1. The average Bonchev–Trinajstić information content (AvgIpc) is 2.98. The summed E-state index contributed by atoms with van der Waals surface area (Å²) in [6.07, 6.45) is 0. The first-order valence-corrected chi connectivity index (χ1v) is 7.52. The summed E-state index contributed by atoms with van der Waals surface area (Å²) in [4.78, 5) is 15.7. The molecule has 1 N–H and O–H groups in total. The number of benzene rings is 2. The summed E-state index contributed by atoms with van der Waals surface area (Å²) < 4.78 is 15.7. The van der Waals surface area contributed by atoms with Crippen LogP contribution in [0.3, 0.4) is 0 Å². The molecule has 1 heterocycles. The molecule has 24 heavy (non-hydrogen) atoms. The van der Waals surface area contributed by atoms with Crippen molar-refractivity contribution in [2.75, 3.05) is 21.3 Å². The number of methoxy groups -OCH3 is 3. The lowest BCUT2D eigenvalue weighted by atomic mass is 10.0. The van der Waals surface area contributed by atoms with Crippen LogP contribution in [0.1, 0.15) is 15.9 Å². The fourth-order valence-electron chi connectivity index (χ4n) is 2.77. The number of fused-ring (bicyclic) bond motifs is 1. The van der Waals surface area contributed by atoms with Crippen LogP contribution in [0.25, 0.3) is 22.2 Å². The number of hydrogen-bond acceptors (Lipinski definition) is 4. The van der Waals surface area contributed by atoms with E-state index >= 15 is 0 Å². The molecule has 2 aromatic carbocycles. The van der Waals surface area contributed by atoms with Crippen LogP contribution in [0, 0.1) is 6.92 Å². The van der Waals surface area contributed by atoms with E-state index < -0.39 is 5.97 Å². The van der Waals surface area contributed by atoms with Gasteiger partial charge in [-0.1, -0.05) is 29.8 Å². The number of rotatable bonds is 4. The Balaban J connectivity index is 2.32. The first-order chi connectivity index (χ1) is 11.6. The van der Waals surface area contributed by atoms with E-state index in [0.29, 0.717) is 22.8 Å². The van der Waals surface area contributed by atoms with Gasteiger partial charge in [0.15, 0.2) is 11.5 Å². The molecular formula is C19H19NO4. The van der Waals surface area contributed by atoms with Gasteiger partial charge in [0.05, 0.1) is 38.1 Å². The van der Waals surface area contributed by atoms with Crippen LogP contribution in [0.2, 0.25) is 0 Å². The van der Waals surface area contributed by atoms with Crippen molar-refractivity contribution >= 4 is 16.9 Å². The molecule has 3 aromatic rings. The lowest BCUT2D eigenvalue weighted by molar-refractivity contribution is 0.0604. The fraction of sp³-hybridized carbons (Fsp3) is 0.211. The van der Waals surface area contributed by atoms with Crippen LogP contribution in [0.5, 0.6) is 11.5 Å². The molecule has 5 heteroatoms. The van der Waals surface area contributed by atoms with E-state index in [9.17, 15) is 4.79 Å². The lowest BCUT2D eigenvalue weighted by Gasteiger charge is -2.07. The second-order valence-corrected chi connectivity index (χ2v) is 5.49. The van der Waals surface area contributed by atoms with Gasteiger partial charge in [-0.2, -0.15) is 0 Å². The Morgan fingerprint density at radius 2 is 1.58 bits per heavy atom. The maximum Gasteiger partial charge on any atom is 0.340 e. The molecule has 0 atom stereocenters. The minimum atomic E-state index is -0.399. The van der Waals surface area contributed by atoms with Crippen molar-refractivity contribution in [1.29, 1.82) is 0 Å². The maximum absolute atomic E-state index is 12.4. The van der Waals surface area contributed by atoms with Crippen molar-refractivity contribution < 1.29 is 19.0 Å². The third-order valence-corrected chi connectivity index (χ3v) is 4.03. The number of nitrogens with one attached hydrogen (secondary N) is 1. The van der Waals surface area contributed by atoms with Crippen molar-refractivity contribution in [2.45, 2.75) is 6.92 Å². The van der Waals surface area contributed by atoms with Crippen molar-refractivity contribution in [1.82, 2.24) is 4.98 Å². The number of ether oxygens (including phenoxy) is 3. The standard InChI is InChI=1S/C19H19NO4/c1-11-5-7-12(8-6-11)18-17(19(21)24-4)13-9-15(22-2)16(23-3)10-14(13)20-18/h5-10,20H,1-4H3. The van der Waals surface area contributed by atoms with E-state index in [1.165, 1.54) is 7.11 Å². The monoisotopic (exact) mass is 325 g/mol. The van der Waals surface area contributed by atoms with Gasteiger partial charge >= 0.3 is 5.97 Å². The quantitative estimate of drug-likeness (QED) is 0.738. The average molecular weight is 325 g/mol. The number of hydrogen-bond donors (Lipinski definition) is 1. The Morgan fingerprint density at radius 3 is 2.17 bits per heavy atom. The van der Waals surface area contributed by atoms with Crippen LogP contribution < -0.4 is 9.47 Å². The smallest absolute Gasteiger partial charge is 0.340 e. The predicted molar refractivity (Wildman–Crippen MR) is 92.9 cm³/mol. The number of carbonyl (C=O) groups excluding carboxylic acids is 1. The van der Waals surface area contributed by atoms with Gasteiger partial charge in [-0.3, -0.25) is 0 Å². The van der Waals surface area contributed by atoms with Crippen LogP contribution in [0.15, 0.2) is 36.4 Å². The van der Waals surface area contributed by atoms with Gasteiger partial charge in [0.1, 0.15) is 0 Å². The second kappa shape index (κ2) is 6.28. The summed E-state index contributed by atoms with van der Waals surface area (Å²) in [5.41, 5.74) is 4.04. The first kappa shape index (κ1) is 15.9. The molecule has 3 rings (SSSR count). The van der Waals surface area contributed by atoms with Crippen molar-refractivity contribution in [3.8, 4) is 22.8 Å². The van der Waals surface area contributed by atoms with E-state index in [0.717, 1.165) is 22.0 Å². The highest BCUT2D eigenvalue weighted by Crippen LogP contribution is 2.37. The first-order valence-electron chi connectivity index (χ1n) is 7.52. The highest BCUT2D eigenvalue weighted by atomic mass is 16.5. The summed E-state index contributed by atoms with van der Waals surface area (Å²) >= 11 is 0. The molecule has 0 unspecified atom stereocenters. The SMILES string of the molecule is COC(=O)c1c(-c2ccc(C)cc2)[nH]c2cc(OC)c(OC)cc12. The van der Waals surface area contributed by atoms with Gasteiger partial charge < -0.3 is 19.2 Å². The van der Waals surface area contributed by atoms with E-state index in [4.69, 9.17) is 14.2 Å². The number of carbonyl (C=O) groups is 1. The summed E-state index contributed by atoms with van der Waals surface area (Å²) in [7, 11) is 4.52.